The van der Waals surface area contributed by atoms with E-state index in [4.69, 9.17) is 16.3 Å². The highest BCUT2D eigenvalue weighted by molar-refractivity contribution is 6.33. The van der Waals surface area contributed by atoms with E-state index in [1.165, 1.54) is 13.8 Å². The predicted molar refractivity (Wildman–Crippen MR) is 92.7 cm³/mol. The lowest BCUT2D eigenvalue weighted by atomic mass is 10.2. The molecule has 2 aromatic rings. The van der Waals surface area contributed by atoms with Crippen molar-refractivity contribution in [3.8, 4) is 5.69 Å². The molecule has 0 amide bonds. The van der Waals surface area contributed by atoms with E-state index >= 15 is 0 Å². The minimum atomic E-state index is -4.97. The summed E-state index contributed by atoms with van der Waals surface area (Å²) in [7, 11) is 0. The summed E-state index contributed by atoms with van der Waals surface area (Å²) in [4.78, 5) is 36.8. The van der Waals surface area contributed by atoms with Crippen LogP contribution in [0.5, 0.6) is 0 Å². The smallest absolute Gasteiger partial charge is 0.393 e. The summed E-state index contributed by atoms with van der Waals surface area (Å²) in [5, 5.41) is -0.435. The van der Waals surface area contributed by atoms with Gasteiger partial charge in [0.2, 0.25) is 0 Å². The van der Waals surface area contributed by atoms with Crippen LogP contribution in [0.2, 0.25) is 5.02 Å². The van der Waals surface area contributed by atoms with Gasteiger partial charge in [0.05, 0.1) is 22.4 Å². The second-order valence-corrected chi connectivity index (χ2v) is 6.61. The lowest BCUT2D eigenvalue weighted by molar-refractivity contribution is -0.193. The molecule has 0 unspecified atom stereocenters. The molecule has 0 bridgehead atoms. The van der Waals surface area contributed by atoms with E-state index in [2.05, 4.69) is 0 Å². The molecule has 0 aliphatic rings. The summed E-state index contributed by atoms with van der Waals surface area (Å²) >= 11 is 5.79. The zero-order valence-electron chi connectivity index (χ0n) is 15.2. The van der Waals surface area contributed by atoms with Gasteiger partial charge < -0.3 is 4.74 Å². The molecule has 1 heterocycles. The van der Waals surface area contributed by atoms with Crippen LogP contribution in [0, 0.1) is 12.7 Å². The van der Waals surface area contributed by atoms with Crippen molar-refractivity contribution in [3.63, 3.8) is 0 Å². The maximum absolute atomic E-state index is 14.4. The highest BCUT2D eigenvalue weighted by Crippen LogP contribution is 2.28. The summed E-state index contributed by atoms with van der Waals surface area (Å²) in [6.07, 6.45) is -4.88. The van der Waals surface area contributed by atoms with Gasteiger partial charge in [0.15, 0.2) is 0 Å². The molecule has 29 heavy (non-hydrogen) atoms. The van der Waals surface area contributed by atoms with E-state index in [0.29, 0.717) is 18.2 Å². The third kappa shape index (κ3) is 4.19. The molecule has 6 nitrogen and oxygen atoms in total. The van der Waals surface area contributed by atoms with E-state index in [1.807, 2.05) is 0 Å². The third-order valence-electron chi connectivity index (χ3n) is 3.69. The van der Waals surface area contributed by atoms with E-state index in [-0.39, 0.29) is 4.57 Å². The van der Waals surface area contributed by atoms with Gasteiger partial charge in [-0.2, -0.15) is 8.78 Å². The maximum Gasteiger partial charge on any atom is 0.393 e. The average Bonchev–Trinajstić information content (AvgIpc) is 2.54. The van der Waals surface area contributed by atoms with Crippen molar-refractivity contribution >= 4 is 17.6 Å². The summed E-state index contributed by atoms with van der Waals surface area (Å²) in [6.45, 7) is 3.85. The zero-order valence-corrected chi connectivity index (χ0v) is 15.9. The number of hydrogen-bond acceptors (Lipinski definition) is 4. The molecule has 0 aliphatic heterocycles. The molecule has 1 aromatic heterocycles. The standard InChI is InChI=1S/C17H14ClF5N2O4/c1-7(2)29-14(27)9-5-12(11(19)6-10(9)18)24-13(26)4-8(3)25(16(24)28)17(22,23)15(20)21/h4-7,15H,1-3H3. The first-order chi connectivity index (χ1) is 13.3. The fourth-order valence-corrected chi connectivity index (χ4v) is 2.71. The highest BCUT2D eigenvalue weighted by Gasteiger charge is 2.45. The number of alkyl halides is 4. The Kier molecular flexibility index (Phi) is 6.21. The molecule has 158 valence electrons. The van der Waals surface area contributed by atoms with Gasteiger partial charge >= 0.3 is 24.1 Å². The Bertz CT molecular complexity index is 1080. The zero-order chi connectivity index (χ0) is 22.3. The van der Waals surface area contributed by atoms with Crippen molar-refractivity contribution in [2.24, 2.45) is 0 Å². The van der Waals surface area contributed by atoms with E-state index in [0.717, 1.165) is 6.92 Å². The van der Waals surface area contributed by atoms with Gasteiger partial charge in [-0.05, 0) is 32.9 Å². The molecule has 0 saturated carbocycles. The monoisotopic (exact) mass is 440 g/mol. The van der Waals surface area contributed by atoms with Crippen molar-refractivity contribution in [2.45, 2.75) is 39.3 Å². The number of rotatable bonds is 5. The molecular formula is C17H14ClF5N2O4. The Morgan fingerprint density at radius 3 is 2.28 bits per heavy atom. The fourth-order valence-electron chi connectivity index (χ4n) is 2.48. The van der Waals surface area contributed by atoms with Crippen molar-refractivity contribution in [1.29, 1.82) is 0 Å². The average molecular weight is 441 g/mol. The second-order valence-electron chi connectivity index (χ2n) is 6.20. The van der Waals surface area contributed by atoms with Crippen LogP contribution in [-0.4, -0.2) is 27.6 Å². The number of esters is 1. The molecule has 0 saturated heterocycles. The van der Waals surface area contributed by atoms with Crippen LogP contribution in [0.1, 0.15) is 29.9 Å². The number of benzene rings is 1. The minimum absolute atomic E-state index is 0.0961. The first-order valence-corrected chi connectivity index (χ1v) is 8.39. The quantitative estimate of drug-likeness (QED) is 0.527. The first kappa shape index (κ1) is 22.6. The molecule has 0 atom stereocenters. The number of ether oxygens (including phenoxy) is 1. The van der Waals surface area contributed by atoms with Gasteiger partial charge in [-0.15, -0.1) is 0 Å². The Morgan fingerprint density at radius 1 is 1.17 bits per heavy atom. The van der Waals surface area contributed by atoms with Crippen LogP contribution in [0.15, 0.2) is 27.8 Å². The largest absolute Gasteiger partial charge is 0.459 e. The van der Waals surface area contributed by atoms with E-state index < -0.39 is 68.1 Å². The minimum Gasteiger partial charge on any atom is -0.459 e. The van der Waals surface area contributed by atoms with Crippen LogP contribution in [0.25, 0.3) is 5.69 Å². The molecule has 2 rings (SSSR count). The molecule has 0 spiro atoms. The summed E-state index contributed by atoms with van der Waals surface area (Å²) in [6, 6.07) is -3.31. The summed E-state index contributed by atoms with van der Waals surface area (Å²) < 4.78 is 71.8. The topological polar surface area (TPSA) is 70.3 Å². The molecule has 12 heteroatoms. The Labute approximate surface area is 165 Å². The highest BCUT2D eigenvalue weighted by atomic mass is 35.5. The Hall–Kier alpha value is -2.69. The number of hydrogen-bond donors (Lipinski definition) is 0. The summed E-state index contributed by atoms with van der Waals surface area (Å²) in [5.74, 6) is -2.37. The Morgan fingerprint density at radius 2 is 1.76 bits per heavy atom. The molecule has 0 fully saturated rings. The van der Waals surface area contributed by atoms with Gasteiger partial charge in [-0.3, -0.25) is 4.79 Å². The van der Waals surface area contributed by atoms with Crippen LogP contribution >= 0.6 is 11.6 Å². The van der Waals surface area contributed by atoms with Crippen LogP contribution in [-0.2, 0) is 10.8 Å². The van der Waals surface area contributed by atoms with Gasteiger partial charge in [-0.25, -0.2) is 31.9 Å². The Balaban J connectivity index is 2.84. The third-order valence-corrected chi connectivity index (χ3v) is 4.00. The number of aryl methyl sites for hydroxylation is 1. The number of aromatic nitrogens is 2. The number of nitrogens with zero attached hydrogens (tertiary/aromatic N) is 2. The lowest BCUT2D eigenvalue weighted by Gasteiger charge is -2.21. The fraction of sp³-hybridized carbons (Fsp3) is 0.353. The maximum atomic E-state index is 14.4. The van der Waals surface area contributed by atoms with E-state index in [9.17, 15) is 36.3 Å². The summed E-state index contributed by atoms with van der Waals surface area (Å²) in [5.41, 5.74) is -5.37. The van der Waals surface area contributed by atoms with Gasteiger partial charge in [-0.1, -0.05) is 11.6 Å². The molecular weight excluding hydrogens is 427 g/mol. The van der Waals surface area contributed by atoms with Crippen molar-refractivity contribution in [3.05, 3.63) is 61.1 Å². The lowest BCUT2D eigenvalue weighted by Crippen LogP contribution is -2.48. The number of carbonyl (C=O) groups excluding carboxylic acids is 1. The number of halogens is 6. The molecule has 0 radical (unpaired) electrons. The van der Waals surface area contributed by atoms with Gasteiger partial charge in [0, 0.05) is 11.8 Å². The van der Waals surface area contributed by atoms with Crippen LogP contribution < -0.4 is 11.2 Å². The molecule has 1 aromatic carbocycles. The van der Waals surface area contributed by atoms with Crippen molar-refractivity contribution in [1.82, 2.24) is 9.13 Å². The van der Waals surface area contributed by atoms with Crippen molar-refractivity contribution in [2.75, 3.05) is 0 Å². The normalized spacial score (nSPS) is 12.0. The predicted octanol–water partition coefficient (Wildman–Crippen LogP) is 3.48. The second kappa shape index (κ2) is 7.97. The van der Waals surface area contributed by atoms with Crippen LogP contribution in [0.3, 0.4) is 0 Å². The molecule has 0 aliphatic carbocycles. The van der Waals surface area contributed by atoms with E-state index in [1.54, 1.807) is 0 Å². The SMILES string of the molecule is Cc1cc(=O)n(-c2cc(C(=O)OC(C)C)c(Cl)cc2F)c(=O)n1C(F)(F)C(F)F. The number of carbonyl (C=O) groups is 1. The first-order valence-electron chi connectivity index (χ1n) is 8.01. The van der Waals surface area contributed by atoms with Crippen molar-refractivity contribution < 1.29 is 31.5 Å². The van der Waals surface area contributed by atoms with Gasteiger partial charge in [0.1, 0.15) is 5.82 Å². The van der Waals surface area contributed by atoms with Crippen LogP contribution in [0.4, 0.5) is 22.0 Å². The van der Waals surface area contributed by atoms with Gasteiger partial charge in [0.25, 0.3) is 5.56 Å². The molecule has 0 N–H and O–H groups in total.